The summed E-state index contributed by atoms with van der Waals surface area (Å²) in [7, 11) is 0. The molecule has 2 aromatic carbocycles. The van der Waals surface area contributed by atoms with Crippen molar-refractivity contribution in [3.05, 3.63) is 66.1 Å². The zero-order chi connectivity index (χ0) is 23.0. The number of hydrogen-bond acceptors (Lipinski definition) is 6. The Morgan fingerprint density at radius 2 is 1.76 bits per heavy atom. The molecule has 0 aliphatic carbocycles. The number of nitrogens with zero attached hydrogens (tertiary/aromatic N) is 4. The van der Waals surface area contributed by atoms with Gasteiger partial charge in [-0.15, -0.1) is 0 Å². The smallest absolute Gasteiger partial charge is 0.227 e. The summed E-state index contributed by atoms with van der Waals surface area (Å²) in [5.41, 5.74) is 2.20. The van der Waals surface area contributed by atoms with Gasteiger partial charge in [-0.25, -0.2) is 0 Å². The molecule has 3 aromatic rings. The van der Waals surface area contributed by atoms with E-state index in [9.17, 15) is 4.79 Å². The molecular formula is C26H32N4O3. The number of aromatic nitrogens is 2. The van der Waals surface area contributed by atoms with Crippen LogP contribution in [0.3, 0.4) is 0 Å². The molecule has 1 saturated heterocycles. The molecule has 1 amide bonds. The highest BCUT2D eigenvalue weighted by atomic mass is 16.5. The van der Waals surface area contributed by atoms with Crippen LogP contribution >= 0.6 is 0 Å². The number of para-hydroxylation sites is 1. The van der Waals surface area contributed by atoms with E-state index in [0.717, 1.165) is 44.0 Å². The van der Waals surface area contributed by atoms with Crippen LogP contribution in [-0.2, 0) is 11.2 Å². The SMILES string of the molecule is CC(C)c1ccc(-c2noc(CCC(=O)N3CCN(CCOc4ccccc4)CC3)n2)cc1. The topological polar surface area (TPSA) is 71.7 Å². The number of ether oxygens (including phenoxy) is 1. The van der Waals surface area contributed by atoms with Crippen LogP contribution in [0.5, 0.6) is 5.75 Å². The van der Waals surface area contributed by atoms with Gasteiger partial charge in [-0.05, 0) is 23.6 Å². The van der Waals surface area contributed by atoms with Crippen molar-refractivity contribution in [2.75, 3.05) is 39.3 Å². The van der Waals surface area contributed by atoms with Crippen molar-refractivity contribution in [1.29, 1.82) is 0 Å². The van der Waals surface area contributed by atoms with Crippen molar-refractivity contribution in [1.82, 2.24) is 19.9 Å². The van der Waals surface area contributed by atoms with Gasteiger partial charge in [0.15, 0.2) is 0 Å². The first-order valence-electron chi connectivity index (χ1n) is 11.7. The van der Waals surface area contributed by atoms with Crippen molar-refractivity contribution < 1.29 is 14.1 Å². The van der Waals surface area contributed by atoms with Crippen molar-refractivity contribution in [2.24, 2.45) is 0 Å². The van der Waals surface area contributed by atoms with Gasteiger partial charge in [0.25, 0.3) is 0 Å². The van der Waals surface area contributed by atoms with E-state index in [2.05, 4.69) is 41.0 Å². The highest BCUT2D eigenvalue weighted by Crippen LogP contribution is 2.21. The number of amides is 1. The summed E-state index contributed by atoms with van der Waals surface area (Å²) in [6.45, 7) is 9.04. The monoisotopic (exact) mass is 448 g/mol. The third-order valence-corrected chi connectivity index (χ3v) is 6.00. The Balaban J connectivity index is 1.18. The molecular weight excluding hydrogens is 416 g/mol. The number of hydrogen-bond donors (Lipinski definition) is 0. The number of rotatable bonds is 9. The molecule has 174 valence electrons. The van der Waals surface area contributed by atoms with Gasteiger partial charge in [0.05, 0.1) is 0 Å². The maximum absolute atomic E-state index is 12.6. The van der Waals surface area contributed by atoms with E-state index in [0.29, 0.717) is 37.1 Å². The fraction of sp³-hybridized carbons (Fsp3) is 0.423. The molecule has 4 rings (SSSR count). The summed E-state index contributed by atoms with van der Waals surface area (Å²) in [5.74, 6) is 2.58. The van der Waals surface area contributed by atoms with E-state index in [1.54, 1.807) is 0 Å². The first-order valence-corrected chi connectivity index (χ1v) is 11.7. The molecule has 0 bridgehead atoms. The van der Waals surface area contributed by atoms with Gasteiger partial charge in [-0.2, -0.15) is 4.98 Å². The minimum absolute atomic E-state index is 0.135. The number of piperazine rings is 1. The molecule has 1 aliphatic heterocycles. The Kier molecular flexibility index (Phi) is 7.73. The molecule has 0 unspecified atom stereocenters. The number of aryl methyl sites for hydroxylation is 1. The molecule has 0 atom stereocenters. The average Bonchev–Trinajstić information content (AvgIpc) is 3.33. The summed E-state index contributed by atoms with van der Waals surface area (Å²) < 4.78 is 11.2. The lowest BCUT2D eigenvalue weighted by Crippen LogP contribution is -2.49. The summed E-state index contributed by atoms with van der Waals surface area (Å²) >= 11 is 0. The Morgan fingerprint density at radius 1 is 1.03 bits per heavy atom. The Labute approximate surface area is 195 Å². The molecule has 0 radical (unpaired) electrons. The van der Waals surface area contributed by atoms with E-state index in [-0.39, 0.29) is 5.91 Å². The van der Waals surface area contributed by atoms with Gasteiger partial charge in [0, 0.05) is 51.1 Å². The molecule has 2 heterocycles. The van der Waals surface area contributed by atoms with Crippen LogP contribution in [-0.4, -0.2) is 65.2 Å². The fourth-order valence-corrected chi connectivity index (χ4v) is 3.89. The largest absolute Gasteiger partial charge is 0.492 e. The maximum atomic E-state index is 12.6. The third-order valence-electron chi connectivity index (χ3n) is 6.00. The van der Waals surface area contributed by atoms with Crippen molar-refractivity contribution in [2.45, 2.75) is 32.6 Å². The molecule has 1 fully saturated rings. The number of benzene rings is 2. The predicted octanol–water partition coefficient (Wildman–Crippen LogP) is 4.02. The molecule has 7 heteroatoms. The average molecular weight is 449 g/mol. The van der Waals surface area contributed by atoms with Gasteiger partial charge < -0.3 is 14.2 Å². The van der Waals surface area contributed by atoms with E-state index in [4.69, 9.17) is 9.26 Å². The highest BCUT2D eigenvalue weighted by Gasteiger charge is 2.21. The molecule has 1 aromatic heterocycles. The lowest BCUT2D eigenvalue weighted by Gasteiger charge is -2.34. The predicted molar refractivity (Wildman–Crippen MR) is 127 cm³/mol. The van der Waals surface area contributed by atoms with Crippen LogP contribution in [0.25, 0.3) is 11.4 Å². The standard InChI is InChI=1S/C26H32N4O3/c1-20(2)21-8-10-22(11-9-21)26-27-24(33-28-26)12-13-25(31)30-16-14-29(15-17-30)18-19-32-23-6-4-3-5-7-23/h3-11,20H,12-19H2,1-2H3. The van der Waals surface area contributed by atoms with Crippen LogP contribution in [0, 0.1) is 0 Å². The molecule has 33 heavy (non-hydrogen) atoms. The summed E-state index contributed by atoms with van der Waals surface area (Å²) in [5, 5.41) is 4.08. The minimum atomic E-state index is 0.135. The Morgan fingerprint density at radius 3 is 2.45 bits per heavy atom. The number of carbonyl (C=O) groups is 1. The van der Waals surface area contributed by atoms with Crippen LogP contribution in [0.15, 0.2) is 59.1 Å². The van der Waals surface area contributed by atoms with Gasteiger partial charge in [0.1, 0.15) is 12.4 Å². The lowest BCUT2D eigenvalue weighted by atomic mass is 10.0. The molecule has 0 saturated carbocycles. The lowest BCUT2D eigenvalue weighted by molar-refractivity contribution is -0.133. The van der Waals surface area contributed by atoms with Crippen LogP contribution in [0.1, 0.15) is 37.6 Å². The third kappa shape index (κ3) is 6.42. The van der Waals surface area contributed by atoms with E-state index < -0.39 is 0 Å². The quantitative estimate of drug-likeness (QED) is 0.492. The van der Waals surface area contributed by atoms with Crippen molar-refractivity contribution >= 4 is 5.91 Å². The molecule has 7 nitrogen and oxygen atoms in total. The van der Waals surface area contributed by atoms with Crippen LogP contribution in [0.4, 0.5) is 0 Å². The number of carbonyl (C=O) groups excluding carboxylic acids is 1. The Bertz CT molecular complexity index is 1010. The maximum Gasteiger partial charge on any atom is 0.227 e. The minimum Gasteiger partial charge on any atom is -0.492 e. The van der Waals surface area contributed by atoms with Crippen molar-refractivity contribution in [3.8, 4) is 17.1 Å². The van der Waals surface area contributed by atoms with Gasteiger partial charge in [-0.1, -0.05) is 61.5 Å². The second kappa shape index (κ2) is 11.1. The second-order valence-corrected chi connectivity index (χ2v) is 8.67. The summed E-state index contributed by atoms with van der Waals surface area (Å²) in [6, 6.07) is 18.1. The van der Waals surface area contributed by atoms with Crippen molar-refractivity contribution in [3.63, 3.8) is 0 Å². The zero-order valence-electron chi connectivity index (χ0n) is 19.4. The highest BCUT2D eigenvalue weighted by molar-refractivity contribution is 5.76. The van der Waals surface area contributed by atoms with E-state index in [1.165, 1.54) is 5.56 Å². The van der Waals surface area contributed by atoms with Crippen LogP contribution < -0.4 is 4.74 Å². The van der Waals surface area contributed by atoms with E-state index >= 15 is 0 Å². The van der Waals surface area contributed by atoms with E-state index in [1.807, 2.05) is 47.4 Å². The molecule has 1 aliphatic rings. The second-order valence-electron chi connectivity index (χ2n) is 8.67. The zero-order valence-corrected chi connectivity index (χ0v) is 19.4. The van der Waals surface area contributed by atoms with Gasteiger partial charge in [0.2, 0.25) is 17.6 Å². The normalized spacial score (nSPS) is 14.6. The first kappa shape index (κ1) is 23.0. The molecule has 0 spiro atoms. The fourth-order valence-electron chi connectivity index (χ4n) is 3.89. The summed E-state index contributed by atoms with van der Waals surface area (Å²) in [4.78, 5) is 21.4. The summed E-state index contributed by atoms with van der Waals surface area (Å²) in [6.07, 6.45) is 0.839. The van der Waals surface area contributed by atoms with Gasteiger partial charge in [-0.3, -0.25) is 9.69 Å². The first-order chi connectivity index (χ1) is 16.1. The Hall–Kier alpha value is -3.19. The molecule has 0 N–H and O–H groups in total. The van der Waals surface area contributed by atoms with Gasteiger partial charge >= 0.3 is 0 Å². The van der Waals surface area contributed by atoms with Crippen LogP contribution in [0.2, 0.25) is 0 Å².